The highest BCUT2D eigenvalue weighted by molar-refractivity contribution is 7.84. The van der Waals surface area contributed by atoms with E-state index in [4.69, 9.17) is 11.6 Å². The molecule has 0 aliphatic heterocycles. The first-order valence-electron chi connectivity index (χ1n) is 6.83. The second-order valence-electron chi connectivity index (χ2n) is 5.31. The first-order valence-corrected chi connectivity index (χ1v) is 8.99. The molecule has 0 saturated heterocycles. The van der Waals surface area contributed by atoms with Crippen LogP contribution in [0.25, 0.3) is 11.0 Å². The molecule has 0 bridgehead atoms. The van der Waals surface area contributed by atoms with Gasteiger partial charge in [-0.1, -0.05) is 12.1 Å². The molecule has 0 fully saturated rings. The van der Waals surface area contributed by atoms with Crippen LogP contribution in [0.5, 0.6) is 0 Å². The Balaban J connectivity index is 2.53. The predicted octanol–water partition coefficient (Wildman–Crippen LogP) is 3.97. The van der Waals surface area contributed by atoms with E-state index in [1.807, 2.05) is 19.1 Å². The monoisotopic (exact) mass is 312 g/mol. The van der Waals surface area contributed by atoms with Gasteiger partial charge in [-0.2, -0.15) is 0 Å². The normalized spacial score (nSPS) is 16.2. The van der Waals surface area contributed by atoms with Crippen LogP contribution in [-0.4, -0.2) is 25.8 Å². The van der Waals surface area contributed by atoms with E-state index in [0.29, 0.717) is 5.75 Å². The van der Waals surface area contributed by atoms with Crippen LogP contribution in [0.2, 0.25) is 0 Å². The zero-order chi connectivity index (χ0) is 14.9. The summed E-state index contributed by atoms with van der Waals surface area (Å²) >= 11 is 6.30. The molecule has 0 aliphatic rings. The topological polar surface area (TPSA) is 34.9 Å². The third kappa shape index (κ3) is 3.07. The van der Waals surface area contributed by atoms with Gasteiger partial charge in [0, 0.05) is 28.9 Å². The van der Waals surface area contributed by atoms with E-state index in [1.54, 1.807) is 6.26 Å². The Morgan fingerprint density at radius 2 is 2.10 bits per heavy atom. The molecule has 2 rings (SSSR count). The number of hydrogen-bond acceptors (Lipinski definition) is 2. The van der Waals surface area contributed by atoms with Crippen molar-refractivity contribution in [1.29, 1.82) is 0 Å². The summed E-state index contributed by atoms with van der Waals surface area (Å²) in [6, 6.07) is 6.37. The van der Waals surface area contributed by atoms with Crippen LogP contribution >= 0.6 is 11.6 Å². The van der Waals surface area contributed by atoms with Crippen molar-refractivity contribution in [2.75, 3.05) is 12.0 Å². The minimum Gasteiger partial charge on any atom is -0.324 e. The second-order valence-corrected chi connectivity index (χ2v) is 7.52. The average Bonchev–Trinajstić information content (AvgIpc) is 2.77. The van der Waals surface area contributed by atoms with Gasteiger partial charge in [0.05, 0.1) is 16.4 Å². The van der Waals surface area contributed by atoms with E-state index >= 15 is 0 Å². The van der Waals surface area contributed by atoms with Gasteiger partial charge in [0.25, 0.3) is 0 Å². The molecule has 3 atom stereocenters. The quantitative estimate of drug-likeness (QED) is 0.783. The number of fused-ring (bicyclic) bond motifs is 1. The fourth-order valence-corrected chi connectivity index (χ4v) is 3.36. The van der Waals surface area contributed by atoms with Crippen LogP contribution in [0.1, 0.15) is 43.1 Å². The number of alkyl halides is 1. The van der Waals surface area contributed by atoms with Crippen molar-refractivity contribution in [3.05, 3.63) is 29.6 Å². The number of benzene rings is 1. The Morgan fingerprint density at radius 1 is 1.40 bits per heavy atom. The van der Waals surface area contributed by atoms with E-state index in [2.05, 4.69) is 29.5 Å². The van der Waals surface area contributed by atoms with Gasteiger partial charge in [0.15, 0.2) is 0 Å². The Labute approximate surface area is 127 Å². The van der Waals surface area contributed by atoms with Crippen molar-refractivity contribution < 1.29 is 4.21 Å². The van der Waals surface area contributed by atoms with Gasteiger partial charge in [-0.05, 0) is 38.8 Å². The van der Waals surface area contributed by atoms with Crippen LogP contribution in [-0.2, 0) is 10.8 Å². The summed E-state index contributed by atoms with van der Waals surface area (Å²) in [7, 11) is -0.771. The van der Waals surface area contributed by atoms with Gasteiger partial charge in [-0.25, -0.2) is 4.98 Å². The van der Waals surface area contributed by atoms with Gasteiger partial charge >= 0.3 is 0 Å². The van der Waals surface area contributed by atoms with Crippen molar-refractivity contribution >= 4 is 33.4 Å². The highest BCUT2D eigenvalue weighted by Crippen LogP contribution is 2.30. The molecule has 1 aromatic carbocycles. The third-order valence-electron chi connectivity index (χ3n) is 3.56. The molecule has 5 heteroatoms. The molecule has 0 N–H and O–H groups in total. The number of aromatic nitrogens is 2. The smallest absolute Gasteiger partial charge is 0.127 e. The zero-order valence-corrected chi connectivity index (χ0v) is 14.0. The minimum absolute atomic E-state index is 0.142. The summed E-state index contributed by atoms with van der Waals surface area (Å²) < 4.78 is 13.5. The van der Waals surface area contributed by atoms with Crippen LogP contribution in [0.4, 0.5) is 0 Å². The molecule has 3 nitrogen and oxygen atoms in total. The largest absolute Gasteiger partial charge is 0.324 e. The van der Waals surface area contributed by atoms with Gasteiger partial charge in [0.2, 0.25) is 0 Å². The molecule has 20 heavy (non-hydrogen) atoms. The Morgan fingerprint density at radius 3 is 2.70 bits per heavy atom. The molecule has 0 spiro atoms. The van der Waals surface area contributed by atoms with E-state index < -0.39 is 10.8 Å². The minimum atomic E-state index is -0.771. The molecule has 1 heterocycles. The molecule has 2 aromatic rings. The van der Waals surface area contributed by atoms with Crippen molar-refractivity contribution in [2.24, 2.45) is 0 Å². The summed E-state index contributed by atoms with van der Waals surface area (Å²) in [6.07, 6.45) is 2.61. The molecular formula is C15H21ClN2OS. The van der Waals surface area contributed by atoms with Crippen molar-refractivity contribution in [2.45, 2.75) is 38.6 Å². The van der Waals surface area contributed by atoms with Gasteiger partial charge in [-0.15, -0.1) is 11.6 Å². The number of para-hydroxylation sites is 1. The van der Waals surface area contributed by atoms with E-state index in [9.17, 15) is 4.21 Å². The van der Waals surface area contributed by atoms with E-state index in [0.717, 1.165) is 23.3 Å². The summed E-state index contributed by atoms with van der Waals surface area (Å²) in [5, 5.41) is -0.142. The van der Waals surface area contributed by atoms with Crippen LogP contribution in [0.3, 0.4) is 0 Å². The number of hydrogen-bond donors (Lipinski definition) is 0. The Hall–Kier alpha value is -0.870. The van der Waals surface area contributed by atoms with Crippen LogP contribution in [0.15, 0.2) is 18.2 Å². The fourth-order valence-electron chi connectivity index (χ4n) is 2.53. The molecule has 0 amide bonds. The van der Waals surface area contributed by atoms with Gasteiger partial charge < -0.3 is 4.57 Å². The average molecular weight is 313 g/mol. The first-order chi connectivity index (χ1) is 9.41. The fraction of sp³-hybridized carbons (Fsp3) is 0.533. The molecule has 110 valence electrons. The summed E-state index contributed by atoms with van der Waals surface area (Å²) in [5.41, 5.74) is 3.32. The Kier molecular flexibility index (Phi) is 4.86. The standard InChI is InChI=1S/C15H21ClN2OS/c1-10-6-5-7-13-14(10)18(15(17-13)12(3)16)11(2)8-9-20(4)19/h5-7,11-12H,8-9H2,1-4H3. The van der Waals surface area contributed by atoms with Crippen LogP contribution in [0, 0.1) is 6.92 Å². The van der Waals surface area contributed by atoms with Crippen LogP contribution < -0.4 is 0 Å². The maximum atomic E-state index is 11.3. The molecular weight excluding hydrogens is 292 g/mol. The number of halogens is 1. The number of aryl methyl sites for hydroxylation is 1. The van der Waals surface area contributed by atoms with Gasteiger partial charge in [0.1, 0.15) is 5.82 Å². The molecule has 1 aromatic heterocycles. The first kappa shape index (κ1) is 15.5. The van der Waals surface area contributed by atoms with E-state index in [-0.39, 0.29) is 11.4 Å². The molecule has 0 aliphatic carbocycles. The zero-order valence-electron chi connectivity index (χ0n) is 12.4. The molecule has 0 saturated carbocycles. The third-order valence-corrected chi connectivity index (χ3v) is 4.56. The highest BCUT2D eigenvalue weighted by atomic mass is 35.5. The Bertz CT molecular complexity index is 636. The number of imidazole rings is 1. The lowest BCUT2D eigenvalue weighted by Gasteiger charge is -2.19. The van der Waals surface area contributed by atoms with Crippen molar-refractivity contribution in [3.8, 4) is 0 Å². The summed E-state index contributed by atoms with van der Waals surface area (Å²) in [5.74, 6) is 1.59. The summed E-state index contributed by atoms with van der Waals surface area (Å²) in [6.45, 7) is 6.18. The lowest BCUT2D eigenvalue weighted by atomic mass is 10.1. The lowest BCUT2D eigenvalue weighted by molar-refractivity contribution is 0.522. The molecule has 3 unspecified atom stereocenters. The lowest BCUT2D eigenvalue weighted by Crippen LogP contribution is -2.13. The number of rotatable bonds is 5. The number of nitrogens with zero attached hydrogens (tertiary/aromatic N) is 2. The second kappa shape index (κ2) is 6.27. The van der Waals surface area contributed by atoms with E-state index in [1.165, 1.54) is 5.56 Å². The maximum Gasteiger partial charge on any atom is 0.127 e. The van der Waals surface area contributed by atoms with Crippen molar-refractivity contribution in [3.63, 3.8) is 0 Å². The highest BCUT2D eigenvalue weighted by Gasteiger charge is 2.20. The SMILES string of the molecule is Cc1cccc2nc(C(C)Cl)n(C(C)CCS(C)=O)c12. The molecule has 0 radical (unpaired) electrons. The predicted molar refractivity (Wildman–Crippen MR) is 87.0 cm³/mol. The maximum absolute atomic E-state index is 11.3. The van der Waals surface area contributed by atoms with Gasteiger partial charge in [-0.3, -0.25) is 4.21 Å². The van der Waals surface area contributed by atoms with Crippen molar-refractivity contribution in [1.82, 2.24) is 9.55 Å². The summed E-state index contributed by atoms with van der Waals surface area (Å²) in [4.78, 5) is 4.68.